The van der Waals surface area contributed by atoms with Crippen LogP contribution in [-0.4, -0.2) is 17.9 Å². The average molecular weight is 265 g/mol. The Morgan fingerprint density at radius 2 is 1.94 bits per heavy atom. The summed E-state index contributed by atoms with van der Waals surface area (Å²) in [6, 6.07) is 8.47. The molecule has 0 saturated heterocycles. The summed E-state index contributed by atoms with van der Waals surface area (Å²) in [5.41, 5.74) is 2.22. The number of nitrogens with one attached hydrogen (secondary N) is 1. The predicted octanol–water partition coefficient (Wildman–Crippen LogP) is 4.48. The number of hydrogen-bond acceptors (Lipinski definition) is 4. The second kappa shape index (κ2) is 5.21. The van der Waals surface area contributed by atoms with Gasteiger partial charge in [0.25, 0.3) is 0 Å². The molecule has 2 nitrogen and oxygen atoms in total. The molecular weight excluding hydrogens is 250 g/mol. The van der Waals surface area contributed by atoms with Crippen LogP contribution in [0.2, 0.25) is 0 Å². The lowest BCUT2D eigenvalue weighted by atomic mass is 10.0. The van der Waals surface area contributed by atoms with Gasteiger partial charge in [0.15, 0.2) is 0 Å². The molecule has 0 unspecified atom stereocenters. The molecule has 0 aromatic heterocycles. The molecular formula is C13H15NOS2. The van der Waals surface area contributed by atoms with Gasteiger partial charge in [-0.05, 0) is 53.8 Å². The number of thioether (sulfide) groups is 1. The van der Waals surface area contributed by atoms with E-state index >= 15 is 0 Å². The van der Waals surface area contributed by atoms with Crippen LogP contribution in [0.4, 0.5) is 5.69 Å². The van der Waals surface area contributed by atoms with E-state index in [2.05, 4.69) is 36.7 Å². The lowest BCUT2D eigenvalue weighted by molar-refractivity contribution is 0.664. The topological polar surface area (TPSA) is 32.3 Å². The van der Waals surface area contributed by atoms with Crippen LogP contribution in [0, 0.1) is 6.92 Å². The average Bonchev–Trinajstić information content (AvgIpc) is 2.36. The minimum atomic E-state index is 0.785. The molecule has 17 heavy (non-hydrogen) atoms. The number of benzene rings is 2. The third-order valence-electron chi connectivity index (χ3n) is 2.84. The molecule has 0 spiro atoms. The summed E-state index contributed by atoms with van der Waals surface area (Å²) in [6.45, 7) is 2.12. The Morgan fingerprint density at radius 3 is 2.53 bits per heavy atom. The number of fused-ring (bicyclic) bond motifs is 1. The Morgan fingerprint density at radius 1 is 1.18 bits per heavy atom. The summed E-state index contributed by atoms with van der Waals surface area (Å²) in [5, 5.41) is 5.51. The second-order valence-corrected chi connectivity index (χ2v) is 5.36. The van der Waals surface area contributed by atoms with E-state index in [1.165, 1.54) is 21.2 Å². The van der Waals surface area contributed by atoms with Gasteiger partial charge in [-0.1, -0.05) is 0 Å². The van der Waals surface area contributed by atoms with Gasteiger partial charge in [0.1, 0.15) is 0 Å². The van der Waals surface area contributed by atoms with Gasteiger partial charge in [0, 0.05) is 24.0 Å². The van der Waals surface area contributed by atoms with Crippen molar-refractivity contribution in [3.8, 4) is 0 Å². The van der Waals surface area contributed by atoms with Gasteiger partial charge in [-0.2, -0.15) is 0 Å². The zero-order valence-electron chi connectivity index (χ0n) is 10.1. The molecule has 0 atom stereocenters. The van der Waals surface area contributed by atoms with Crippen LogP contribution in [0.5, 0.6) is 0 Å². The largest absolute Gasteiger partial charge is 0.387 e. The van der Waals surface area contributed by atoms with Crippen LogP contribution in [0.25, 0.3) is 10.8 Å². The van der Waals surface area contributed by atoms with Crippen LogP contribution in [0.1, 0.15) is 5.56 Å². The van der Waals surface area contributed by atoms with Crippen LogP contribution < -0.4 is 5.32 Å². The summed E-state index contributed by atoms with van der Waals surface area (Å²) in [7, 11) is 1.87. The van der Waals surface area contributed by atoms with Crippen LogP contribution >= 0.6 is 23.8 Å². The first-order valence-corrected chi connectivity index (χ1v) is 7.31. The minimum Gasteiger partial charge on any atom is -0.387 e. The molecule has 0 aliphatic carbocycles. The zero-order valence-corrected chi connectivity index (χ0v) is 11.7. The van der Waals surface area contributed by atoms with E-state index in [9.17, 15) is 4.55 Å². The van der Waals surface area contributed by atoms with Gasteiger partial charge in [-0.15, -0.1) is 11.8 Å². The molecule has 0 fully saturated rings. The SMILES string of the molecule is CNc1cc2c(C)cc(SC)cc2cc1SO. The van der Waals surface area contributed by atoms with Crippen LogP contribution in [0.3, 0.4) is 0 Å². The molecule has 2 N–H and O–H groups in total. The summed E-state index contributed by atoms with van der Waals surface area (Å²) in [4.78, 5) is 2.11. The summed E-state index contributed by atoms with van der Waals surface area (Å²) < 4.78 is 9.28. The monoisotopic (exact) mass is 265 g/mol. The number of aryl methyl sites for hydroxylation is 1. The van der Waals surface area contributed by atoms with E-state index in [1.807, 2.05) is 13.1 Å². The van der Waals surface area contributed by atoms with E-state index in [1.54, 1.807) is 11.8 Å². The maximum Gasteiger partial charge on any atom is 0.0588 e. The first kappa shape index (κ1) is 12.6. The van der Waals surface area contributed by atoms with Crippen molar-refractivity contribution in [1.82, 2.24) is 0 Å². The predicted molar refractivity (Wildman–Crippen MR) is 78.5 cm³/mol. The molecule has 2 aromatic rings. The van der Waals surface area contributed by atoms with E-state index in [-0.39, 0.29) is 0 Å². The highest BCUT2D eigenvalue weighted by Gasteiger charge is 2.07. The number of hydrogen-bond donors (Lipinski definition) is 2. The maximum atomic E-state index is 9.28. The highest BCUT2D eigenvalue weighted by molar-refractivity contribution is 7.98. The Labute approximate surface area is 110 Å². The lowest BCUT2D eigenvalue weighted by Crippen LogP contribution is -1.92. The quantitative estimate of drug-likeness (QED) is 0.633. The third-order valence-corrected chi connectivity index (χ3v) is 4.08. The summed E-state index contributed by atoms with van der Waals surface area (Å²) >= 11 is 2.52. The molecule has 0 amide bonds. The van der Waals surface area contributed by atoms with Crippen molar-refractivity contribution in [3.63, 3.8) is 0 Å². The van der Waals surface area contributed by atoms with Crippen LogP contribution in [-0.2, 0) is 0 Å². The molecule has 2 rings (SSSR count). The Balaban J connectivity index is 2.73. The van der Waals surface area contributed by atoms with Crippen molar-refractivity contribution >= 4 is 40.3 Å². The minimum absolute atomic E-state index is 0.785. The van der Waals surface area contributed by atoms with Crippen molar-refractivity contribution in [1.29, 1.82) is 0 Å². The Hall–Kier alpha value is -0.840. The van der Waals surface area contributed by atoms with Gasteiger partial charge < -0.3 is 9.87 Å². The molecule has 0 bridgehead atoms. The van der Waals surface area contributed by atoms with Crippen molar-refractivity contribution in [2.24, 2.45) is 0 Å². The summed E-state index contributed by atoms with van der Waals surface area (Å²) in [6.07, 6.45) is 2.07. The second-order valence-electron chi connectivity index (χ2n) is 3.86. The van der Waals surface area contributed by atoms with Gasteiger partial charge in [0.05, 0.1) is 10.6 Å². The van der Waals surface area contributed by atoms with Crippen molar-refractivity contribution < 1.29 is 4.55 Å². The van der Waals surface area contributed by atoms with Crippen LogP contribution in [0.15, 0.2) is 34.1 Å². The Kier molecular flexibility index (Phi) is 3.86. The molecule has 90 valence electrons. The fourth-order valence-corrected chi connectivity index (χ4v) is 2.91. The van der Waals surface area contributed by atoms with E-state index < -0.39 is 0 Å². The highest BCUT2D eigenvalue weighted by atomic mass is 32.2. The van der Waals surface area contributed by atoms with E-state index in [0.29, 0.717) is 0 Å². The zero-order chi connectivity index (χ0) is 12.4. The molecule has 4 heteroatoms. The maximum absolute atomic E-state index is 9.28. The van der Waals surface area contributed by atoms with Gasteiger partial charge >= 0.3 is 0 Å². The molecule has 0 saturated carbocycles. The van der Waals surface area contributed by atoms with Gasteiger partial charge in [-0.3, -0.25) is 0 Å². The fraction of sp³-hybridized carbons (Fsp3) is 0.231. The normalized spacial score (nSPS) is 10.8. The smallest absolute Gasteiger partial charge is 0.0588 e. The van der Waals surface area contributed by atoms with E-state index in [4.69, 9.17) is 0 Å². The Bertz CT molecular complexity index is 555. The first-order chi connectivity index (χ1) is 8.19. The fourth-order valence-electron chi connectivity index (χ4n) is 1.93. The molecule has 0 aliphatic heterocycles. The molecule has 0 aliphatic rings. The van der Waals surface area contributed by atoms with E-state index in [0.717, 1.165) is 22.6 Å². The van der Waals surface area contributed by atoms with Crippen molar-refractivity contribution in [2.75, 3.05) is 18.6 Å². The summed E-state index contributed by atoms with van der Waals surface area (Å²) in [5.74, 6) is 0. The molecule has 0 heterocycles. The molecule has 0 radical (unpaired) electrons. The third kappa shape index (κ3) is 2.39. The van der Waals surface area contributed by atoms with Gasteiger partial charge in [-0.25, -0.2) is 0 Å². The van der Waals surface area contributed by atoms with Crippen molar-refractivity contribution in [3.05, 3.63) is 29.8 Å². The molecule has 2 aromatic carbocycles. The number of rotatable bonds is 3. The first-order valence-electron chi connectivity index (χ1n) is 5.31. The number of anilines is 1. The lowest BCUT2D eigenvalue weighted by Gasteiger charge is -2.11. The van der Waals surface area contributed by atoms with Crippen molar-refractivity contribution in [2.45, 2.75) is 16.7 Å². The van der Waals surface area contributed by atoms with Gasteiger partial charge in [0.2, 0.25) is 0 Å². The standard InChI is InChI=1S/C13H15NOS2/c1-8-4-10(16-3)5-9-6-13(17-15)12(14-2)7-11(8)9/h4-7,14-15H,1-3H3. The highest BCUT2D eigenvalue weighted by Crippen LogP contribution is 2.33.